The average molecular weight is 209 g/mol. The standard InChI is InChI=1S/C14H27N/c1-12(2,3)15-11-9-10-7-8-14(11,6)13(10,4)5/h10-11,15H,7-9H2,1-6H3. The van der Waals surface area contributed by atoms with Gasteiger partial charge in [0, 0.05) is 11.6 Å². The molecular formula is C14H27N. The molecule has 0 amide bonds. The van der Waals surface area contributed by atoms with Gasteiger partial charge in [-0.3, -0.25) is 0 Å². The zero-order valence-electron chi connectivity index (χ0n) is 11.3. The average Bonchev–Trinajstić information content (AvgIpc) is 2.34. The van der Waals surface area contributed by atoms with Crippen LogP contribution in [0.3, 0.4) is 0 Å². The summed E-state index contributed by atoms with van der Waals surface area (Å²) in [6.07, 6.45) is 4.25. The van der Waals surface area contributed by atoms with Crippen molar-refractivity contribution in [2.75, 3.05) is 0 Å². The maximum Gasteiger partial charge on any atom is 0.0134 e. The quantitative estimate of drug-likeness (QED) is 0.696. The van der Waals surface area contributed by atoms with Gasteiger partial charge in [-0.15, -0.1) is 0 Å². The Kier molecular flexibility index (Phi) is 2.29. The number of hydrogen-bond donors (Lipinski definition) is 1. The molecule has 1 heteroatoms. The van der Waals surface area contributed by atoms with E-state index >= 15 is 0 Å². The summed E-state index contributed by atoms with van der Waals surface area (Å²) >= 11 is 0. The first-order chi connectivity index (χ1) is 6.67. The van der Waals surface area contributed by atoms with Crippen molar-refractivity contribution in [2.45, 2.75) is 72.4 Å². The maximum atomic E-state index is 3.85. The highest BCUT2D eigenvalue weighted by molar-refractivity contribution is 5.13. The minimum atomic E-state index is 0.258. The first-order valence-electron chi connectivity index (χ1n) is 6.44. The van der Waals surface area contributed by atoms with E-state index in [-0.39, 0.29) is 5.54 Å². The van der Waals surface area contributed by atoms with Gasteiger partial charge in [0.1, 0.15) is 0 Å². The number of rotatable bonds is 1. The molecule has 15 heavy (non-hydrogen) atoms. The number of nitrogens with one attached hydrogen (secondary N) is 1. The van der Waals surface area contributed by atoms with Gasteiger partial charge in [-0.05, 0) is 56.8 Å². The van der Waals surface area contributed by atoms with E-state index in [1.54, 1.807) is 0 Å². The molecule has 1 nitrogen and oxygen atoms in total. The smallest absolute Gasteiger partial charge is 0.0134 e. The Morgan fingerprint density at radius 3 is 2.07 bits per heavy atom. The lowest BCUT2D eigenvalue weighted by molar-refractivity contribution is 0.108. The third-order valence-corrected chi connectivity index (χ3v) is 5.40. The van der Waals surface area contributed by atoms with Gasteiger partial charge >= 0.3 is 0 Å². The second kappa shape index (κ2) is 3.00. The van der Waals surface area contributed by atoms with E-state index < -0.39 is 0 Å². The van der Waals surface area contributed by atoms with Crippen LogP contribution in [-0.2, 0) is 0 Å². The fourth-order valence-electron chi connectivity index (χ4n) is 3.94. The Hall–Kier alpha value is -0.0400. The highest BCUT2D eigenvalue weighted by atomic mass is 15.0. The Bertz CT molecular complexity index is 261. The molecular weight excluding hydrogens is 182 g/mol. The van der Waals surface area contributed by atoms with Crippen LogP contribution in [0.5, 0.6) is 0 Å². The van der Waals surface area contributed by atoms with Crippen LogP contribution in [0.1, 0.15) is 60.8 Å². The highest BCUT2D eigenvalue weighted by Gasteiger charge is 2.61. The summed E-state index contributed by atoms with van der Waals surface area (Å²) < 4.78 is 0. The van der Waals surface area contributed by atoms with Gasteiger partial charge in [0.2, 0.25) is 0 Å². The minimum absolute atomic E-state index is 0.258. The van der Waals surface area contributed by atoms with Gasteiger partial charge in [-0.2, -0.15) is 0 Å². The predicted octanol–water partition coefficient (Wildman–Crippen LogP) is 3.59. The first-order valence-corrected chi connectivity index (χ1v) is 6.44. The van der Waals surface area contributed by atoms with Crippen LogP contribution in [0.15, 0.2) is 0 Å². The van der Waals surface area contributed by atoms with E-state index in [4.69, 9.17) is 0 Å². The molecule has 3 unspecified atom stereocenters. The Morgan fingerprint density at radius 1 is 1.13 bits per heavy atom. The molecule has 2 aliphatic carbocycles. The molecule has 88 valence electrons. The molecule has 0 aliphatic heterocycles. The van der Waals surface area contributed by atoms with E-state index in [1.807, 2.05) is 0 Å². The summed E-state index contributed by atoms with van der Waals surface area (Å²) in [5, 5.41) is 3.85. The Balaban J connectivity index is 2.19. The molecule has 1 N–H and O–H groups in total. The van der Waals surface area contributed by atoms with E-state index in [0.717, 1.165) is 12.0 Å². The van der Waals surface area contributed by atoms with Crippen LogP contribution in [0.4, 0.5) is 0 Å². The van der Waals surface area contributed by atoms with Crippen molar-refractivity contribution in [3.63, 3.8) is 0 Å². The molecule has 0 radical (unpaired) electrons. The van der Waals surface area contributed by atoms with Crippen molar-refractivity contribution in [1.29, 1.82) is 0 Å². The van der Waals surface area contributed by atoms with Crippen LogP contribution in [0.25, 0.3) is 0 Å². The molecule has 3 atom stereocenters. The fraction of sp³-hybridized carbons (Fsp3) is 1.00. The van der Waals surface area contributed by atoms with Crippen molar-refractivity contribution in [3.8, 4) is 0 Å². The fourth-order valence-corrected chi connectivity index (χ4v) is 3.94. The van der Waals surface area contributed by atoms with Crippen LogP contribution in [-0.4, -0.2) is 11.6 Å². The van der Waals surface area contributed by atoms with E-state index in [2.05, 4.69) is 46.9 Å². The molecule has 2 saturated carbocycles. The van der Waals surface area contributed by atoms with Crippen LogP contribution in [0.2, 0.25) is 0 Å². The number of hydrogen-bond acceptors (Lipinski definition) is 1. The molecule has 2 bridgehead atoms. The second-order valence-corrected chi connectivity index (χ2v) is 7.56. The lowest BCUT2D eigenvalue weighted by Gasteiger charge is -2.42. The third kappa shape index (κ3) is 1.54. The van der Waals surface area contributed by atoms with Gasteiger partial charge in [0.05, 0.1) is 0 Å². The molecule has 0 spiro atoms. The third-order valence-electron chi connectivity index (χ3n) is 5.40. The summed E-state index contributed by atoms with van der Waals surface area (Å²) in [4.78, 5) is 0. The minimum Gasteiger partial charge on any atom is -0.309 e. The second-order valence-electron chi connectivity index (χ2n) is 7.56. The maximum absolute atomic E-state index is 3.85. The molecule has 0 aromatic rings. The van der Waals surface area contributed by atoms with E-state index in [0.29, 0.717) is 10.8 Å². The topological polar surface area (TPSA) is 12.0 Å². The van der Waals surface area contributed by atoms with Crippen molar-refractivity contribution >= 4 is 0 Å². The van der Waals surface area contributed by atoms with E-state index in [9.17, 15) is 0 Å². The predicted molar refractivity (Wildman–Crippen MR) is 65.9 cm³/mol. The summed E-state index contributed by atoms with van der Waals surface area (Å²) in [6, 6.07) is 0.728. The SMILES string of the molecule is CC(C)(C)NC1CC2CCC1(C)C2(C)C. The number of fused-ring (bicyclic) bond motifs is 2. The van der Waals surface area contributed by atoms with E-state index in [1.165, 1.54) is 19.3 Å². The normalized spacial score (nSPS) is 43.6. The highest BCUT2D eigenvalue weighted by Crippen LogP contribution is 2.65. The molecule has 2 aliphatic rings. The summed E-state index contributed by atoms with van der Waals surface area (Å²) in [5.74, 6) is 0.947. The van der Waals surface area contributed by atoms with Crippen LogP contribution < -0.4 is 5.32 Å². The zero-order valence-corrected chi connectivity index (χ0v) is 11.3. The van der Waals surface area contributed by atoms with Gasteiger partial charge in [0.25, 0.3) is 0 Å². The molecule has 0 saturated heterocycles. The van der Waals surface area contributed by atoms with Crippen molar-refractivity contribution in [3.05, 3.63) is 0 Å². The van der Waals surface area contributed by atoms with Crippen molar-refractivity contribution in [2.24, 2.45) is 16.7 Å². The first kappa shape index (κ1) is 11.4. The lowest BCUT2D eigenvalue weighted by Crippen LogP contribution is -2.51. The Morgan fingerprint density at radius 2 is 1.73 bits per heavy atom. The summed E-state index contributed by atoms with van der Waals surface area (Å²) in [7, 11) is 0. The molecule has 0 aromatic heterocycles. The molecule has 0 aromatic carbocycles. The molecule has 0 heterocycles. The van der Waals surface area contributed by atoms with Gasteiger partial charge in [-0.25, -0.2) is 0 Å². The van der Waals surface area contributed by atoms with Gasteiger partial charge < -0.3 is 5.32 Å². The van der Waals surface area contributed by atoms with Gasteiger partial charge in [0.15, 0.2) is 0 Å². The van der Waals surface area contributed by atoms with Crippen LogP contribution in [0, 0.1) is 16.7 Å². The van der Waals surface area contributed by atoms with Crippen molar-refractivity contribution in [1.82, 2.24) is 5.32 Å². The largest absolute Gasteiger partial charge is 0.309 e. The van der Waals surface area contributed by atoms with Crippen LogP contribution >= 0.6 is 0 Å². The summed E-state index contributed by atoms with van der Waals surface area (Å²) in [5.41, 5.74) is 1.31. The zero-order chi connectivity index (χ0) is 11.5. The molecule has 2 fully saturated rings. The Labute approximate surface area is 95.0 Å². The lowest BCUT2D eigenvalue weighted by atomic mass is 9.69. The van der Waals surface area contributed by atoms with Crippen molar-refractivity contribution < 1.29 is 0 Å². The summed E-state index contributed by atoms with van der Waals surface area (Å²) in [6.45, 7) is 14.3. The monoisotopic (exact) mass is 209 g/mol. The molecule has 2 rings (SSSR count). The van der Waals surface area contributed by atoms with Gasteiger partial charge in [-0.1, -0.05) is 20.8 Å².